The predicted octanol–water partition coefficient (Wildman–Crippen LogP) is 3.48. The van der Waals surface area contributed by atoms with Gasteiger partial charge in [0, 0.05) is 22.4 Å². The molecule has 76 valence electrons. The maximum Gasteiger partial charge on any atom is 0.217 e. The number of hydrogen-bond acceptors (Lipinski definition) is 2. The van der Waals surface area contributed by atoms with Gasteiger partial charge in [0.1, 0.15) is 0 Å². The van der Waals surface area contributed by atoms with E-state index in [1.165, 1.54) is 0 Å². The number of hydrogen-bond donors (Lipinski definition) is 0. The summed E-state index contributed by atoms with van der Waals surface area (Å²) in [5.41, 5.74) is 1.88. The van der Waals surface area contributed by atoms with Crippen molar-refractivity contribution in [2.24, 2.45) is 0 Å². The van der Waals surface area contributed by atoms with E-state index >= 15 is 0 Å². The zero-order chi connectivity index (χ0) is 10.4. The highest BCUT2D eigenvalue weighted by molar-refractivity contribution is 6.38. The molecule has 0 amide bonds. The number of ether oxygens (including phenoxy) is 1. The lowest BCUT2D eigenvalue weighted by molar-refractivity contribution is 0.346. The Balaban J connectivity index is 2.38. The van der Waals surface area contributed by atoms with Crippen molar-refractivity contribution in [3.8, 4) is 5.88 Å². The van der Waals surface area contributed by atoms with Crippen molar-refractivity contribution < 1.29 is 4.74 Å². The number of fused-ring (bicyclic) bond motifs is 2. The SMILES string of the molecule is Clc1cc(Cl)c2nc3c(cc2c1)CCO3. The monoisotopic (exact) mass is 239 g/mol. The van der Waals surface area contributed by atoms with Crippen LogP contribution in [0.1, 0.15) is 5.56 Å². The van der Waals surface area contributed by atoms with Gasteiger partial charge in [-0.05, 0) is 18.2 Å². The molecular weight excluding hydrogens is 233 g/mol. The normalized spacial score (nSPS) is 14.0. The molecule has 1 aromatic carbocycles. The summed E-state index contributed by atoms with van der Waals surface area (Å²) in [4.78, 5) is 4.38. The van der Waals surface area contributed by atoms with E-state index in [9.17, 15) is 0 Å². The molecule has 1 aromatic heterocycles. The molecule has 0 saturated heterocycles. The van der Waals surface area contributed by atoms with E-state index in [1.54, 1.807) is 6.07 Å². The van der Waals surface area contributed by atoms with Crippen LogP contribution in [0.3, 0.4) is 0 Å². The number of nitrogens with zero attached hydrogens (tertiary/aromatic N) is 1. The molecular formula is C11H7Cl2NO. The summed E-state index contributed by atoms with van der Waals surface area (Å²) >= 11 is 12.0. The fourth-order valence-electron chi connectivity index (χ4n) is 1.80. The maximum absolute atomic E-state index is 6.06. The zero-order valence-corrected chi connectivity index (χ0v) is 9.27. The van der Waals surface area contributed by atoms with Crippen LogP contribution in [0.25, 0.3) is 10.9 Å². The van der Waals surface area contributed by atoms with Gasteiger partial charge in [-0.3, -0.25) is 0 Å². The number of aromatic nitrogens is 1. The first-order valence-electron chi connectivity index (χ1n) is 4.65. The molecule has 15 heavy (non-hydrogen) atoms. The minimum absolute atomic E-state index is 0.566. The molecule has 4 heteroatoms. The molecule has 0 fully saturated rings. The second kappa shape index (κ2) is 3.26. The Morgan fingerprint density at radius 3 is 2.93 bits per heavy atom. The van der Waals surface area contributed by atoms with Gasteiger partial charge in [-0.2, -0.15) is 0 Å². The van der Waals surface area contributed by atoms with Crippen molar-refractivity contribution in [3.63, 3.8) is 0 Å². The highest BCUT2D eigenvalue weighted by Gasteiger charge is 2.15. The van der Waals surface area contributed by atoms with Crippen LogP contribution in [0.15, 0.2) is 18.2 Å². The third kappa shape index (κ3) is 1.45. The van der Waals surface area contributed by atoms with E-state index in [0.29, 0.717) is 22.5 Å². The van der Waals surface area contributed by atoms with Gasteiger partial charge >= 0.3 is 0 Å². The number of benzene rings is 1. The first kappa shape index (κ1) is 9.25. The van der Waals surface area contributed by atoms with Crippen LogP contribution in [0, 0.1) is 0 Å². The zero-order valence-electron chi connectivity index (χ0n) is 7.76. The number of halogens is 2. The molecule has 0 unspecified atom stereocenters. The van der Waals surface area contributed by atoms with Gasteiger partial charge in [0.25, 0.3) is 0 Å². The Bertz CT molecular complexity index is 554. The predicted molar refractivity (Wildman–Crippen MR) is 61.0 cm³/mol. The highest BCUT2D eigenvalue weighted by Crippen LogP contribution is 2.32. The standard InChI is InChI=1S/C11H7Cl2NO/c12-8-4-7-3-6-1-2-15-11(6)14-10(7)9(13)5-8/h3-5H,1-2H2. The summed E-state index contributed by atoms with van der Waals surface area (Å²) in [6.07, 6.45) is 0.905. The van der Waals surface area contributed by atoms with Crippen LogP contribution in [0.4, 0.5) is 0 Å². The highest BCUT2D eigenvalue weighted by atomic mass is 35.5. The summed E-state index contributed by atoms with van der Waals surface area (Å²) in [6, 6.07) is 5.61. The van der Waals surface area contributed by atoms with Crippen LogP contribution in [-0.2, 0) is 6.42 Å². The number of pyridine rings is 1. The van der Waals surface area contributed by atoms with Crippen LogP contribution in [-0.4, -0.2) is 11.6 Å². The first-order valence-corrected chi connectivity index (χ1v) is 5.41. The van der Waals surface area contributed by atoms with E-state index in [4.69, 9.17) is 27.9 Å². The van der Waals surface area contributed by atoms with Gasteiger partial charge < -0.3 is 4.74 Å². The Labute approximate surface area is 96.8 Å². The Hall–Kier alpha value is -0.990. The topological polar surface area (TPSA) is 22.1 Å². The van der Waals surface area contributed by atoms with Crippen LogP contribution < -0.4 is 4.74 Å². The summed E-state index contributed by atoms with van der Waals surface area (Å²) in [5.74, 6) is 0.701. The van der Waals surface area contributed by atoms with E-state index in [1.807, 2.05) is 12.1 Å². The van der Waals surface area contributed by atoms with Crippen molar-refractivity contribution >= 4 is 34.1 Å². The van der Waals surface area contributed by atoms with Gasteiger partial charge in [-0.1, -0.05) is 23.2 Å². The Kier molecular flexibility index (Phi) is 2.01. The molecule has 0 bridgehead atoms. The minimum atomic E-state index is 0.566. The molecule has 0 aliphatic carbocycles. The van der Waals surface area contributed by atoms with Crippen molar-refractivity contribution in [3.05, 3.63) is 33.8 Å². The first-order chi connectivity index (χ1) is 7.24. The molecule has 2 heterocycles. The minimum Gasteiger partial charge on any atom is -0.477 e. The van der Waals surface area contributed by atoms with Crippen LogP contribution >= 0.6 is 23.2 Å². The third-order valence-electron chi connectivity index (χ3n) is 2.49. The molecule has 0 N–H and O–H groups in total. The van der Waals surface area contributed by atoms with Gasteiger partial charge in [-0.15, -0.1) is 0 Å². The summed E-state index contributed by atoms with van der Waals surface area (Å²) in [5, 5.41) is 2.17. The Morgan fingerprint density at radius 1 is 1.20 bits per heavy atom. The van der Waals surface area contributed by atoms with Crippen LogP contribution in [0.2, 0.25) is 10.0 Å². The second-order valence-electron chi connectivity index (χ2n) is 3.51. The fraction of sp³-hybridized carbons (Fsp3) is 0.182. The van der Waals surface area contributed by atoms with Gasteiger partial charge in [-0.25, -0.2) is 4.98 Å². The third-order valence-corrected chi connectivity index (χ3v) is 2.99. The van der Waals surface area contributed by atoms with Crippen molar-refractivity contribution in [2.75, 3.05) is 6.61 Å². The summed E-state index contributed by atoms with van der Waals surface area (Å²) in [7, 11) is 0. The average Bonchev–Trinajstić information content (AvgIpc) is 2.61. The van der Waals surface area contributed by atoms with Crippen molar-refractivity contribution in [1.29, 1.82) is 0 Å². The van der Waals surface area contributed by atoms with Crippen molar-refractivity contribution in [1.82, 2.24) is 4.98 Å². The smallest absolute Gasteiger partial charge is 0.217 e. The molecule has 2 aromatic rings. The van der Waals surface area contributed by atoms with Gasteiger partial charge in [0.2, 0.25) is 5.88 Å². The fourth-order valence-corrected chi connectivity index (χ4v) is 2.35. The van der Waals surface area contributed by atoms with E-state index < -0.39 is 0 Å². The quantitative estimate of drug-likeness (QED) is 0.703. The largest absolute Gasteiger partial charge is 0.477 e. The van der Waals surface area contributed by atoms with Crippen LogP contribution in [0.5, 0.6) is 5.88 Å². The Morgan fingerprint density at radius 2 is 2.07 bits per heavy atom. The molecule has 0 radical (unpaired) electrons. The molecule has 0 atom stereocenters. The molecule has 0 saturated carbocycles. The number of rotatable bonds is 0. The molecule has 0 spiro atoms. The lowest BCUT2D eigenvalue weighted by Gasteiger charge is -2.04. The average molecular weight is 240 g/mol. The van der Waals surface area contributed by atoms with E-state index in [0.717, 1.165) is 22.9 Å². The molecule has 1 aliphatic rings. The van der Waals surface area contributed by atoms with E-state index in [-0.39, 0.29) is 0 Å². The lowest BCUT2D eigenvalue weighted by Crippen LogP contribution is -1.88. The molecule has 1 aliphatic heterocycles. The molecule has 2 nitrogen and oxygen atoms in total. The van der Waals surface area contributed by atoms with Crippen molar-refractivity contribution in [2.45, 2.75) is 6.42 Å². The maximum atomic E-state index is 6.06. The van der Waals surface area contributed by atoms with E-state index in [2.05, 4.69) is 4.98 Å². The second-order valence-corrected chi connectivity index (χ2v) is 4.35. The lowest BCUT2D eigenvalue weighted by atomic mass is 10.1. The molecule has 3 rings (SSSR count). The summed E-state index contributed by atoms with van der Waals surface area (Å²) in [6.45, 7) is 0.698. The summed E-state index contributed by atoms with van der Waals surface area (Å²) < 4.78 is 5.39. The van der Waals surface area contributed by atoms with Gasteiger partial charge in [0.05, 0.1) is 17.1 Å². The van der Waals surface area contributed by atoms with Gasteiger partial charge in [0.15, 0.2) is 0 Å².